The Balaban J connectivity index is 1.87. The van der Waals surface area contributed by atoms with E-state index in [-0.39, 0.29) is 10.7 Å². The molecule has 0 saturated heterocycles. The van der Waals surface area contributed by atoms with E-state index in [0.717, 1.165) is 24.2 Å². The summed E-state index contributed by atoms with van der Waals surface area (Å²) in [6.45, 7) is 4.24. The average molecular weight is 320 g/mol. The van der Waals surface area contributed by atoms with Gasteiger partial charge in [0, 0.05) is 18.7 Å². The van der Waals surface area contributed by atoms with Crippen molar-refractivity contribution in [3.05, 3.63) is 41.1 Å². The molecule has 2 aromatic rings. The lowest BCUT2D eigenvalue weighted by atomic mass is 10.2. The van der Waals surface area contributed by atoms with Crippen LogP contribution in [-0.4, -0.2) is 28.9 Å². The molecule has 22 heavy (non-hydrogen) atoms. The highest BCUT2D eigenvalue weighted by molar-refractivity contribution is 7.90. The molecule has 0 saturated carbocycles. The van der Waals surface area contributed by atoms with Crippen LogP contribution >= 0.6 is 0 Å². The zero-order valence-corrected chi connectivity index (χ0v) is 13.1. The number of carbonyl (C=O) groups excluding carboxylic acids is 1. The molecule has 0 radical (unpaired) electrons. The van der Waals surface area contributed by atoms with Crippen LogP contribution in [0, 0.1) is 13.8 Å². The molecular weight excluding hydrogens is 304 g/mol. The molecule has 3 rings (SSSR count). The fraction of sp³-hybridized carbons (Fsp3) is 0.357. The van der Waals surface area contributed by atoms with Crippen molar-refractivity contribution in [2.75, 3.05) is 0 Å². The molecule has 116 valence electrons. The van der Waals surface area contributed by atoms with Crippen LogP contribution in [0.5, 0.6) is 0 Å². The normalized spacial score (nSPS) is 13.9. The number of aromatic nitrogens is 3. The van der Waals surface area contributed by atoms with Crippen LogP contribution < -0.4 is 4.72 Å². The van der Waals surface area contributed by atoms with E-state index in [0.29, 0.717) is 12.2 Å². The summed E-state index contributed by atoms with van der Waals surface area (Å²) >= 11 is 0. The number of fused-ring (bicyclic) bond motifs is 1. The zero-order chi connectivity index (χ0) is 15.9. The molecule has 0 fully saturated rings. The summed E-state index contributed by atoms with van der Waals surface area (Å²) in [5.74, 6) is -0.00576. The van der Waals surface area contributed by atoms with E-state index in [2.05, 4.69) is 14.7 Å². The van der Waals surface area contributed by atoms with E-state index < -0.39 is 15.9 Å². The van der Waals surface area contributed by atoms with E-state index in [1.54, 1.807) is 17.6 Å². The van der Waals surface area contributed by atoms with Crippen molar-refractivity contribution in [3.8, 4) is 0 Å². The molecule has 8 heteroatoms. The quantitative estimate of drug-likeness (QED) is 0.909. The first kappa shape index (κ1) is 14.7. The van der Waals surface area contributed by atoms with E-state index in [9.17, 15) is 13.2 Å². The molecule has 0 aromatic carbocycles. The molecule has 1 amide bonds. The maximum absolute atomic E-state index is 12.4. The largest absolute Gasteiger partial charge is 0.318 e. The van der Waals surface area contributed by atoms with Gasteiger partial charge in [0.2, 0.25) is 0 Å². The Morgan fingerprint density at radius 2 is 2.09 bits per heavy atom. The van der Waals surface area contributed by atoms with Gasteiger partial charge in [-0.1, -0.05) is 6.07 Å². The van der Waals surface area contributed by atoms with E-state index in [1.165, 1.54) is 12.3 Å². The summed E-state index contributed by atoms with van der Waals surface area (Å²) in [4.78, 5) is 20.3. The molecule has 1 aliphatic heterocycles. The number of pyridine rings is 1. The smallest absolute Gasteiger partial charge is 0.283 e. The molecule has 1 N–H and O–H groups in total. The van der Waals surface area contributed by atoms with Gasteiger partial charge in [0.25, 0.3) is 15.9 Å². The van der Waals surface area contributed by atoms with Gasteiger partial charge in [-0.3, -0.25) is 4.79 Å². The molecule has 0 bridgehead atoms. The Kier molecular flexibility index (Phi) is 3.48. The summed E-state index contributed by atoms with van der Waals surface area (Å²) in [5, 5.41) is 0.0252. The number of carbonyl (C=O) groups is 1. The Labute approximate surface area is 128 Å². The number of nitrogens with zero attached hydrogens (tertiary/aromatic N) is 3. The van der Waals surface area contributed by atoms with Gasteiger partial charge in [-0.15, -0.1) is 0 Å². The van der Waals surface area contributed by atoms with Gasteiger partial charge in [-0.25, -0.2) is 14.7 Å². The van der Waals surface area contributed by atoms with Gasteiger partial charge in [-0.05, 0) is 31.9 Å². The fourth-order valence-corrected chi connectivity index (χ4v) is 3.56. The number of rotatable bonds is 3. The third kappa shape index (κ3) is 2.50. The van der Waals surface area contributed by atoms with Crippen molar-refractivity contribution in [2.24, 2.45) is 0 Å². The molecule has 0 unspecified atom stereocenters. The van der Waals surface area contributed by atoms with Crippen molar-refractivity contribution in [2.45, 2.75) is 38.3 Å². The van der Waals surface area contributed by atoms with Crippen molar-refractivity contribution in [1.29, 1.82) is 0 Å². The standard InChI is InChI=1S/C14H16N4O3S/c1-9-5-6-11(16-10(9)2)14(19)17-22(20,21)13-8-15-12-4-3-7-18(12)13/h5-6,8H,3-4,7H2,1-2H3,(H,17,19). The number of aryl methyl sites for hydroxylation is 3. The van der Waals surface area contributed by atoms with E-state index in [1.807, 2.05) is 6.92 Å². The third-order valence-electron chi connectivity index (χ3n) is 3.77. The minimum atomic E-state index is -3.95. The van der Waals surface area contributed by atoms with Crippen molar-refractivity contribution in [1.82, 2.24) is 19.3 Å². The number of amides is 1. The highest BCUT2D eigenvalue weighted by Gasteiger charge is 2.27. The Morgan fingerprint density at radius 1 is 1.32 bits per heavy atom. The molecule has 7 nitrogen and oxygen atoms in total. The fourth-order valence-electron chi connectivity index (χ4n) is 2.43. The average Bonchev–Trinajstić information content (AvgIpc) is 3.03. The van der Waals surface area contributed by atoms with Gasteiger partial charge in [0.05, 0.1) is 6.20 Å². The van der Waals surface area contributed by atoms with Crippen LogP contribution in [0.25, 0.3) is 0 Å². The maximum atomic E-state index is 12.4. The second-order valence-electron chi connectivity index (χ2n) is 5.30. The molecule has 0 atom stereocenters. The summed E-state index contributed by atoms with van der Waals surface area (Å²) in [6, 6.07) is 3.24. The van der Waals surface area contributed by atoms with Crippen LogP contribution in [0.1, 0.15) is 34.0 Å². The topological polar surface area (TPSA) is 94.0 Å². The van der Waals surface area contributed by atoms with E-state index >= 15 is 0 Å². The number of nitrogens with one attached hydrogen (secondary N) is 1. The number of imidazole rings is 1. The summed E-state index contributed by atoms with van der Waals surface area (Å²) in [5.41, 5.74) is 1.70. The SMILES string of the molecule is Cc1ccc(C(=O)NS(=O)(=O)c2cnc3n2CCC3)nc1C. The van der Waals surface area contributed by atoms with Crippen molar-refractivity contribution < 1.29 is 13.2 Å². The minimum absolute atomic E-state index is 0.0252. The summed E-state index contributed by atoms with van der Waals surface area (Å²) in [7, 11) is -3.95. The molecular formula is C14H16N4O3S. The molecule has 0 spiro atoms. The van der Waals surface area contributed by atoms with Crippen LogP contribution in [0.2, 0.25) is 0 Å². The Morgan fingerprint density at radius 3 is 2.82 bits per heavy atom. The van der Waals surface area contributed by atoms with Crippen molar-refractivity contribution in [3.63, 3.8) is 0 Å². The summed E-state index contributed by atoms with van der Waals surface area (Å²) in [6.07, 6.45) is 2.90. The maximum Gasteiger partial charge on any atom is 0.283 e. The predicted molar refractivity (Wildman–Crippen MR) is 78.9 cm³/mol. The summed E-state index contributed by atoms with van der Waals surface area (Å²) < 4.78 is 28.4. The van der Waals surface area contributed by atoms with Gasteiger partial charge in [0.15, 0.2) is 5.03 Å². The van der Waals surface area contributed by atoms with Gasteiger partial charge in [-0.2, -0.15) is 8.42 Å². The lowest BCUT2D eigenvalue weighted by Gasteiger charge is -2.09. The monoisotopic (exact) mass is 320 g/mol. The van der Waals surface area contributed by atoms with Crippen LogP contribution in [0.4, 0.5) is 0 Å². The first-order valence-electron chi connectivity index (χ1n) is 6.94. The first-order valence-corrected chi connectivity index (χ1v) is 8.42. The minimum Gasteiger partial charge on any atom is -0.318 e. The second-order valence-corrected chi connectivity index (χ2v) is 6.93. The molecule has 0 aliphatic carbocycles. The van der Waals surface area contributed by atoms with Gasteiger partial charge in [0.1, 0.15) is 11.5 Å². The van der Waals surface area contributed by atoms with Crippen molar-refractivity contribution >= 4 is 15.9 Å². The Bertz CT molecular complexity index is 855. The predicted octanol–water partition coefficient (Wildman–Crippen LogP) is 0.960. The molecule has 2 aromatic heterocycles. The van der Waals surface area contributed by atoms with Crippen LogP contribution in [-0.2, 0) is 23.0 Å². The Hall–Kier alpha value is -2.22. The van der Waals surface area contributed by atoms with E-state index in [4.69, 9.17) is 0 Å². The highest BCUT2D eigenvalue weighted by atomic mass is 32.2. The lowest BCUT2D eigenvalue weighted by Crippen LogP contribution is -2.32. The number of hydrogen-bond acceptors (Lipinski definition) is 5. The van der Waals surface area contributed by atoms with Gasteiger partial charge >= 0.3 is 0 Å². The number of hydrogen-bond donors (Lipinski definition) is 1. The zero-order valence-electron chi connectivity index (χ0n) is 12.3. The first-order chi connectivity index (χ1) is 10.4. The van der Waals surface area contributed by atoms with Gasteiger partial charge < -0.3 is 4.57 Å². The van der Waals surface area contributed by atoms with Crippen LogP contribution in [0.3, 0.4) is 0 Å². The third-order valence-corrected chi connectivity index (χ3v) is 5.10. The highest BCUT2D eigenvalue weighted by Crippen LogP contribution is 2.19. The molecule has 3 heterocycles. The lowest BCUT2D eigenvalue weighted by molar-refractivity contribution is 0.0976. The van der Waals surface area contributed by atoms with Crippen LogP contribution in [0.15, 0.2) is 23.4 Å². The second kappa shape index (κ2) is 5.20. The number of sulfonamides is 1. The molecule has 1 aliphatic rings.